The molecule has 0 radical (unpaired) electrons. The number of ether oxygens (including phenoxy) is 1. The zero-order chi connectivity index (χ0) is 17.6. The molecular weight excluding hydrogens is 318 g/mol. The summed E-state index contributed by atoms with van der Waals surface area (Å²) in [4.78, 5) is 16.8. The van der Waals surface area contributed by atoms with Crippen molar-refractivity contribution in [3.05, 3.63) is 35.7 Å². The third kappa shape index (κ3) is 3.08. The van der Waals surface area contributed by atoms with Crippen molar-refractivity contribution < 1.29 is 9.53 Å². The third-order valence-electron chi connectivity index (χ3n) is 5.32. The molecular formula is C18H25N5O2. The smallest absolute Gasteiger partial charge is 0.272 e. The first-order valence-corrected chi connectivity index (χ1v) is 8.99. The zero-order valence-corrected chi connectivity index (χ0v) is 15.0. The summed E-state index contributed by atoms with van der Waals surface area (Å²) in [6.45, 7) is 5.03. The number of aromatic nitrogens is 4. The van der Waals surface area contributed by atoms with Gasteiger partial charge in [0.15, 0.2) is 5.69 Å². The normalized spacial score (nSPS) is 28.3. The third-order valence-corrected chi connectivity index (χ3v) is 5.32. The number of carbonyl (C=O) groups excluding carboxylic acids is 1. The Morgan fingerprint density at radius 3 is 2.92 bits per heavy atom. The van der Waals surface area contributed by atoms with Crippen LogP contribution < -0.4 is 5.32 Å². The van der Waals surface area contributed by atoms with Crippen molar-refractivity contribution in [2.75, 3.05) is 0 Å². The molecule has 1 aliphatic carbocycles. The lowest BCUT2D eigenvalue weighted by Gasteiger charge is -2.36. The van der Waals surface area contributed by atoms with Crippen LogP contribution in [0.5, 0.6) is 0 Å². The van der Waals surface area contributed by atoms with Crippen LogP contribution in [0.3, 0.4) is 0 Å². The van der Waals surface area contributed by atoms with E-state index in [9.17, 15) is 4.79 Å². The Labute approximate surface area is 147 Å². The van der Waals surface area contributed by atoms with E-state index in [4.69, 9.17) is 4.74 Å². The second-order valence-corrected chi connectivity index (χ2v) is 7.40. The lowest BCUT2D eigenvalue weighted by molar-refractivity contribution is -0.00903. The Hall–Kier alpha value is -2.15. The van der Waals surface area contributed by atoms with Gasteiger partial charge in [0.2, 0.25) is 0 Å². The number of fused-ring (bicyclic) bond motifs is 1. The van der Waals surface area contributed by atoms with Gasteiger partial charge in [-0.3, -0.25) is 9.48 Å². The van der Waals surface area contributed by atoms with E-state index in [1.54, 1.807) is 10.9 Å². The number of rotatable bonds is 4. The second-order valence-electron chi connectivity index (χ2n) is 7.40. The van der Waals surface area contributed by atoms with Crippen molar-refractivity contribution in [2.45, 2.75) is 57.9 Å². The van der Waals surface area contributed by atoms with Gasteiger partial charge in [0.25, 0.3) is 5.91 Å². The summed E-state index contributed by atoms with van der Waals surface area (Å²) in [6.07, 6.45) is 8.47. The summed E-state index contributed by atoms with van der Waals surface area (Å²) in [7, 11) is 1.88. The molecule has 1 saturated carbocycles. The average Bonchev–Trinajstić information content (AvgIpc) is 3.12. The molecule has 2 atom stereocenters. The molecule has 0 bridgehead atoms. The Bertz CT molecular complexity index is 761. The minimum atomic E-state index is -0.0516. The van der Waals surface area contributed by atoms with E-state index in [-0.39, 0.29) is 24.2 Å². The molecule has 7 nitrogen and oxygen atoms in total. The van der Waals surface area contributed by atoms with Crippen LogP contribution in [-0.4, -0.2) is 37.4 Å². The van der Waals surface area contributed by atoms with Crippen molar-refractivity contribution in [1.29, 1.82) is 0 Å². The van der Waals surface area contributed by atoms with Gasteiger partial charge in [-0.05, 0) is 32.6 Å². The molecule has 2 aromatic heterocycles. The molecule has 2 aromatic rings. The molecule has 1 amide bonds. The summed E-state index contributed by atoms with van der Waals surface area (Å²) >= 11 is 0. The molecule has 25 heavy (non-hydrogen) atoms. The van der Waals surface area contributed by atoms with E-state index < -0.39 is 0 Å². The van der Waals surface area contributed by atoms with Crippen LogP contribution in [0.25, 0.3) is 0 Å². The number of carbonyl (C=O) groups is 1. The van der Waals surface area contributed by atoms with Crippen LogP contribution in [0, 0.1) is 5.92 Å². The topological polar surface area (TPSA) is 74.0 Å². The molecule has 0 spiro atoms. The molecule has 0 aromatic carbocycles. The molecule has 2 aliphatic rings. The maximum absolute atomic E-state index is 12.7. The van der Waals surface area contributed by atoms with E-state index in [2.05, 4.69) is 20.0 Å². The molecule has 1 N–H and O–H groups in total. The number of hydrogen-bond acceptors (Lipinski definition) is 4. The SMILES string of the molecule is C[C@@H]1Cc2c(C(=O)NC3CC(Cn4ccnc4)C3)nn(C)c2[C@H](C)O1. The lowest BCUT2D eigenvalue weighted by Crippen LogP contribution is -2.45. The van der Waals surface area contributed by atoms with Crippen molar-refractivity contribution in [1.82, 2.24) is 24.6 Å². The molecule has 134 valence electrons. The first-order valence-electron chi connectivity index (χ1n) is 8.99. The Balaban J connectivity index is 1.39. The summed E-state index contributed by atoms with van der Waals surface area (Å²) in [5.74, 6) is 0.551. The van der Waals surface area contributed by atoms with Gasteiger partial charge >= 0.3 is 0 Å². The predicted octanol–water partition coefficient (Wildman–Crippen LogP) is 1.85. The van der Waals surface area contributed by atoms with Crippen LogP contribution in [0.15, 0.2) is 18.7 Å². The van der Waals surface area contributed by atoms with Crippen LogP contribution in [0.2, 0.25) is 0 Å². The fourth-order valence-corrected chi connectivity index (χ4v) is 4.17. The Kier molecular flexibility index (Phi) is 4.11. The van der Waals surface area contributed by atoms with E-state index >= 15 is 0 Å². The molecule has 4 rings (SSSR count). The van der Waals surface area contributed by atoms with Crippen molar-refractivity contribution >= 4 is 5.91 Å². The molecule has 0 saturated heterocycles. The van der Waals surface area contributed by atoms with Gasteiger partial charge in [0.05, 0.1) is 24.2 Å². The van der Waals surface area contributed by atoms with Gasteiger partial charge in [0, 0.05) is 44.0 Å². The number of nitrogens with zero attached hydrogens (tertiary/aromatic N) is 4. The second kappa shape index (κ2) is 6.29. The van der Waals surface area contributed by atoms with Crippen LogP contribution in [-0.2, 0) is 24.8 Å². The Morgan fingerprint density at radius 2 is 2.20 bits per heavy atom. The number of hydrogen-bond donors (Lipinski definition) is 1. The molecule has 0 unspecified atom stereocenters. The lowest BCUT2D eigenvalue weighted by atomic mass is 9.80. The number of nitrogens with one attached hydrogen (secondary N) is 1. The predicted molar refractivity (Wildman–Crippen MR) is 92.1 cm³/mol. The van der Waals surface area contributed by atoms with E-state index in [0.717, 1.165) is 37.1 Å². The van der Waals surface area contributed by atoms with Crippen LogP contribution in [0.1, 0.15) is 54.5 Å². The minimum absolute atomic E-state index is 0.0268. The van der Waals surface area contributed by atoms with Crippen molar-refractivity contribution in [2.24, 2.45) is 13.0 Å². The monoisotopic (exact) mass is 343 g/mol. The first kappa shape index (κ1) is 16.3. The van der Waals surface area contributed by atoms with Gasteiger partial charge in [-0.1, -0.05) is 0 Å². The van der Waals surface area contributed by atoms with E-state index in [1.807, 2.05) is 33.4 Å². The maximum Gasteiger partial charge on any atom is 0.272 e. The molecule has 1 fully saturated rings. The fourth-order valence-electron chi connectivity index (χ4n) is 4.17. The molecule has 1 aliphatic heterocycles. The number of amides is 1. The van der Waals surface area contributed by atoms with Gasteiger partial charge in [-0.15, -0.1) is 0 Å². The van der Waals surface area contributed by atoms with Crippen molar-refractivity contribution in [3.63, 3.8) is 0 Å². The summed E-state index contributed by atoms with van der Waals surface area (Å²) < 4.78 is 9.76. The minimum Gasteiger partial charge on any atom is -0.369 e. The van der Waals surface area contributed by atoms with Gasteiger partial charge < -0.3 is 14.6 Å². The zero-order valence-electron chi connectivity index (χ0n) is 15.0. The van der Waals surface area contributed by atoms with Crippen LogP contribution in [0.4, 0.5) is 0 Å². The summed E-state index contributed by atoms with van der Waals surface area (Å²) in [5.41, 5.74) is 2.63. The van der Waals surface area contributed by atoms with Crippen LogP contribution >= 0.6 is 0 Å². The van der Waals surface area contributed by atoms with Crippen molar-refractivity contribution in [3.8, 4) is 0 Å². The quantitative estimate of drug-likeness (QED) is 0.919. The highest BCUT2D eigenvalue weighted by Crippen LogP contribution is 2.33. The fraction of sp³-hybridized carbons (Fsp3) is 0.611. The Morgan fingerprint density at radius 1 is 1.40 bits per heavy atom. The largest absolute Gasteiger partial charge is 0.369 e. The maximum atomic E-state index is 12.7. The average molecular weight is 343 g/mol. The van der Waals surface area contributed by atoms with E-state index in [1.165, 1.54) is 0 Å². The molecule has 3 heterocycles. The van der Waals surface area contributed by atoms with Gasteiger partial charge in [0.1, 0.15) is 0 Å². The van der Waals surface area contributed by atoms with Gasteiger partial charge in [-0.2, -0.15) is 5.10 Å². The first-order chi connectivity index (χ1) is 12.0. The standard InChI is InChI=1S/C18H25N5O2/c1-11-6-15-16(21-22(3)17(15)12(2)25-11)18(24)20-14-7-13(8-14)9-23-5-4-19-10-23/h4-5,10-14H,6-9H2,1-3H3,(H,20,24)/t11-,12+,13?,14?/m1/s1. The van der Waals surface area contributed by atoms with Gasteiger partial charge in [-0.25, -0.2) is 4.98 Å². The number of imidazole rings is 1. The molecule has 7 heteroatoms. The van der Waals surface area contributed by atoms with E-state index in [0.29, 0.717) is 11.6 Å². The number of aryl methyl sites for hydroxylation is 1. The highest BCUT2D eigenvalue weighted by Gasteiger charge is 2.34. The highest BCUT2D eigenvalue weighted by atomic mass is 16.5. The highest BCUT2D eigenvalue weighted by molar-refractivity contribution is 5.94. The summed E-state index contributed by atoms with van der Waals surface area (Å²) in [5, 5.41) is 7.64. The summed E-state index contributed by atoms with van der Waals surface area (Å²) in [6, 6.07) is 0.244.